The van der Waals surface area contributed by atoms with Gasteiger partial charge in [0.05, 0.1) is 11.0 Å². The van der Waals surface area contributed by atoms with Crippen LogP contribution in [0.15, 0.2) is 24.3 Å². The Morgan fingerprint density at radius 2 is 2.09 bits per heavy atom. The number of nitrogens with two attached hydrogens (primary N) is 1. The molecule has 1 amide bonds. The van der Waals surface area contributed by atoms with E-state index in [0.717, 1.165) is 12.8 Å². The Hall–Kier alpha value is -1.40. The molecule has 1 aromatic rings. The summed E-state index contributed by atoms with van der Waals surface area (Å²) in [7, 11) is -3.15. The number of rotatable bonds is 5. The lowest BCUT2D eigenvalue weighted by Crippen LogP contribution is -2.23. The summed E-state index contributed by atoms with van der Waals surface area (Å²) in [6.45, 7) is 3.34. The van der Waals surface area contributed by atoms with Gasteiger partial charge < -0.3 is 11.1 Å². The van der Waals surface area contributed by atoms with Crippen LogP contribution in [0.1, 0.15) is 38.7 Å². The van der Waals surface area contributed by atoms with Gasteiger partial charge in [-0.05, 0) is 50.8 Å². The van der Waals surface area contributed by atoms with Crippen molar-refractivity contribution in [3.8, 4) is 0 Å². The number of hydrogen-bond donors (Lipinski definition) is 2. The van der Waals surface area contributed by atoms with Gasteiger partial charge >= 0.3 is 0 Å². The third-order valence-corrected chi connectivity index (χ3v) is 6.30. The molecule has 3 N–H and O–H groups in total. The zero-order valence-corrected chi connectivity index (χ0v) is 13.9. The molecule has 0 radical (unpaired) electrons. The van der Waals surface area contributed by atoms with Gasteiger partial charge in [0.1, 0.15) is 0 Å². The SMILES string of the molecule is CC(C)S(=O)(=O)Cc1cccc(NC(=O)C2CCC(N)C2)c1. The van der Waals surface area contributed by atoms with Crippen molar-refractivity contribution in [1.82, 2.24) is 0 Å². The molecule has 0 aliphatic heterocycles. The van der Waals surface area contributed by atoms with Crippen molar-refractivity contribution in [3.05, 3.63) is 29.8 Å². The molecule has 1 aromatic carbocycles. The highest BCUT2D eigenvalue weighted by atomic mass is 32.2. The largest absolute Gasteiger partial charge is 0.328 e. The van der Waals surface area contributed by atoms with Crippen LogP contribution in [0.3, 0.4) is 0 Å². The molecule has 2 atom stereocenters. The monoisotopic (exact) mass is 324 g/mol. The number of amides is 1. The van der Waals surface area contributed by atoms with Crippen LogP contribution in [-0.2, 0) is 20.4 Å². The number of carbonyl (C=O) groups is 1. The first-order valence-electron chi connectivity index (χ1n) is 7.65. The highest BCUT2D eigenvalue weighted by molar-refractivity contribution is 7.91. The molecule has 122 valence electrons. The normalized spacial score (nSPS) is 22.0. The van der Waals surface area contributed by atoms with Crippen LogP contribution in [0.25, 0.3) is 0 Å². The fourth-order valence-electron chi connectivity index (χ4n) is 2.64. The Bertz CT molecular complexity index is 641. The summed E-state index contributed by atoms with van der Waals surface area (Å²) in [4.78, 5) is 12.2. The summed E-state index contributed by atoms with van der Waals surface area (Å²) in [5.41, 5.74) is 7.16. The molecule has 0 aromatic heterocycles. The Morgan fingerprint density at radius 3 is 2.68 bits per heavy atom. The van der Waals surface area contributed by atoms with E-state index in [1.165, 1.54) is 0 Å². The second kappa shape index (κ2) is 6.79. The molecule has 1 aliphatic rings. The molecule has 0 saturated heterocycles. The van der Waals surface area contributed by atoms with Gasteiger partial charge in [-0.2, -0.15) is 0 Å². The first-order valence-corrected chi connectivity index (χ1v) is 9.36. The minimum atomic E-state index is -3.15. The molecule has 0 heterocycles. The summed E-state index contributed by atoms with van der Waals surface area (Å²) in [5.74, 6) is -0.0854. The molecule has 2 unspecified atom stereocenters. The molecule has 5 nitrogen and oxygen atoms in total. The predicted molar refractivity (Wildman–Crippen MR) is 88.1 cm³/mol. The van der Waals surface area contributed by atoms with Crippen molar-refractivity contribution >= 4 is 21.4 Å². The topological polar surface area (TPSA) is 89.3 Å². The minimum absolute atomic E-state index is 0.0112. The number of anilines is 1. The van der Waals surface area contributed by atoms with Gasteiger partial charge in [0.25, 0.3) is 0 Å². The minimum Gasteiger partial charge on any atom is -0.328 e. The van der Waals surface area contributed by atoms with Crippen LogP contribution < -0.4 is 11.1 Å². The summed E-state index contributed by atoms with van der Waals surface area (Å²) >= 11 is 0. The second-order valence-corrected chi connectivity index (χ2v) is 8.87. The molecular formula is C16H24N2O3S. The van der Waals surface area contributed by atoms with E-state index < -0.39 is 15.1 Å². The number of benzene rings is 1. The molecule has 2 rings (SSSR count). The predicted octanol–water partition coefficient (Wildman–Crippen LogP) is 2.08. The van der Waals surface area contributed by atoms with Crippen molar-refractivity contribution in [2.24, 2.45) is 11.7 Å². The van der Waals surface area contributed by atoms with Gasteiger partial charge in [-0.3, -0.25) is 4.79 Å². The lowest BCUT2D eigenvalue weighted by Gasteiger charge is -2.12. The highest BCUT2D eigenvalue weighted by Crippen LogP contribution is 2.25. The molecule has 0 spiro atoms. The third-order valence-electron chi connectivity index (χ3n) is 4.12. The lowest BCUT2D eigenvalue weighted by molar-refractivity contribution is -0.119. The number of sulfone groups is 1. The molecule has 0 bridgehead atoms. The van der Waals surface area contributed by atoms with E-state index in [0.29, 0.717) is 17.7 Å². The van der Waals surface area contributed by atoms with Crippen molar-refractivity contribution in [1.29, 1.82) is 0 Å². The molecule has 22 heavy (non-hydrogen) atoms. The van der Waals surface area contributed by atoms with E-state index in [1.807, 2.05) is 0 Å². The Labute approximate surface area is 132 Å². The van der Waals surface area contributed by atoms with Crippen LogP contribution in [0, 0.1) is 5.92 Å². The van der Waals surface area contributed by atoms with Crippen LogP contribution in [0.5, 0.6) is 0 Å². The number of carbonyl (C=O) groups excluding carboxylic acids is 1. The fourth-order valence-corrected chi connectivity index (χ4v) is 3.61. The molecule has 6 heteroatoms. The summed E-state index contributed by atoms with van der Waals surface area (Å²) < 4.78 is 24.0. The van der Waals surface area contributed by atoms with E-state index in [1.54, 1.807) is 38.1 Å². The second-order valence-electron chi connectivity index (χ2n) is 6.32. The van der Waals surface area contributed by atoms with Crippen molar-refractivity contribution in [2.45, 2.75) is 50.2 Å². The third kappa shape index (κ3) is 4.30. The van der Waals surface area contributed by atoms with Gasteiger partial charge in [0, 0.05) is 17.6 Å². The lowest BCUT2D eigenvalue weighted by atomic mass is 10.1. The van der Waals surface area contributed by atoms with Crippen molar-refractivity contribution < 1.29 is 13.2 Å². The van der Waals surface area contributed by atoms with Crippen molar-refractivity contribution in [2.75, 3.05) is 5.32 Å². The van der Waals surface area contributed by atoms with Crippen LogP contribution in [0.4, 0.5) is 5.69 Å². The maximum Gasteiger partial charge on any atom is 0.227 e. The molecule has 1 saturated carbocycles. The summed E-state index contributed by atoms with van der Waals surface area (Å²) in [6, 6.07) is 7.14. The van der Waals surface area contributed by atoms with Gasteiger partial charge in [-0.15, -0.1) is 0 Å². The van der Waals surface area contributed by atoms with Crippen molar-refractivity contribution in [3.63, 3.8) is 0 Å². The Kier molecular flexibility index (Phi) is 5.24. The Morgan fingerprint density at radius 1 is 1.36 bits per heavy atom. The van der Waals surface area contributed by atoms with E-state index in [4.69, 9.17) is 5.73 Å². The van der Waals surface area contributed by atoms with E-state index >= 15 is 0 Å². The maximum absolute atomic E-state index is 12.2. The quantitative estimate of drug-likeness (QED) is 0.868. The number of nitrogens with one attached hydrogen (secondary N) is 1. The van der Waals surface area contributed by atoms with Crippen LogP contribution >= 0.6 is 0 Å². The van der Waals surface area contributed by atoms with E-state index in [9.17, 15) is 13.2 Å². The standard InChI is InChI=1S/C16H24N2O3S/c1-11(2)22(20,21)10-12-4-3-5-15(8-12)18-16(19)13-6-7-14(17)9-13/h3-5,8,11,13-14H,6-7,9-10,17H2,1-2H3,(H,18,19). The van der Waals surface area contributed by atoms with Crippen LogP contribution in [-0.4, -0.2) is 25.6 Å². The fraction of sp³-hybridized carbons (Fsp3) is 0.562. The van der Waals surface area contributed by atoms with Crippen LogP contribution in [0.2, 0.25) is 0 Å². The smallest absolute Gasteiger partial charge is 0.227 e. The van der Waals surface area contributed by atoms with Gasteiger partial charge in [0.2, 0.25) is 5.91 Å². The maximum atomic E-state index is 12.2. The molecular weight excluding hydrogens is 300 g/mol. The average Bonchev–Trinajstić information content (AvgIpc) is 2.85. The summed E-state index contributed by atoms with van der Waals surface area (Å²) in [5, 5.41) is 2.46. The zero-order valence-electron chi connectivity index (χ0n) is 13.1. The first-order chi connectivity index (χ1) is 10.3. The number of hydrogen-bond acceptors (Lipinski definition) is 4. The van der Waals surface area contributed by atoms with E-state index in [2.05, 4.69) is 5.32 Å². The average molecular weight is 324 g/mol. The first kappa shape index (κ1) is 17.0. The van der Waals surface area contributed by atoms with Gasteiger partial charge in [-0.25, -0.2) is 8.42 Å². The van der Waals surface area contributed by atoms with E-state index in [-0.39, 0.29) is 23.6 Å². The Balaban J connectivity index is 2.04. The zero-order chi connectivity index (χ0) is 16.3. The highest BCUT2D eigenvalue weighted by Gasteiger charge is 2.27. The summed E-state index contributed by atoms with van der Waals surface area (Å²) in [6.07, 6.45) is 2.41. The van der Waals surface area contributed by atoms with Gasteiger partial charge in [-0.1, -0.05) is 12.1 Å². The van der Waals surface area contributed by atoms with Gasteiger partial charge in [0.15, 0.2) is 9.84 Å². The molecule has 1 fully saturated rings. The molecule has 1 aliphatic carbocycles.